The van der Waals surface area contributed by atoms with Gasteiger partial charge in [-0.2, -0.15) is 0 Å². The maximum Gasteiger partial charge on any atom is 0.262 e. The Hall–Kier alpha value is -2.58. The van der Waals surface area contributed by atoms with Gasteiger partial charge in [0.1, 0.15) is 0 Å². The largest absolute Gasteiger partial charge is 0.342 e. The van der Waals surface area contributed by atoms with E-state index in [1.165, 1.54) is 6.07 Å². The molecule has 1 saturated heterocycles. The minimum atomic E-state index is -3.91. The van der Waals surface area contributed by atoms with Crippen molar-refractivity contribution >= 4 is 44.8 Å². The van der Waals surface area contributed by atoms with Crippen LogP contribution in [0.2, 0.25) is 5.02 Å². The predicted molar refractivity (Wildman–Crippen MR) is 124 cm³/mol. The number of hydrogen-bond acceptors (Lipinski definition) is 4. The van der Waals surface area contributed by atoms with E-state index in [2.05, 4.69) is 10.0 Å². The second kappa shape index (κ2) is 9.11. The number of aryl methyl sites for hydroxylation is 1. The smallest absolute Gasteiger partial charge is 0.262 e. The Morgan fingerprint density at radius 3 is 2.53 bits per heavy atom. The number of benzene rings is 2. The summed E-state index contributed by atoms with van der Waals surface area (Å²) in [5.74, 6) is -0.234. The van der Waals surface area contributed by atoms with Crippen molar-refractivity contribution in [3.8, 4) is 0 Å². The minimum Gasteiger partial charge on any atom is -0.342 e. The van der Waals surface area contributed by atoms with E-state index in [1.54, 1.807) is 48.2 Å². The molecule has 1 aliphatic heterocycles. The first-order valence-electron chi connectivity index (χ1n) is 10.7. The summed E-state index contributed by atoms with van der Waals surface area (Å²) >= 11 is 6.09. The molecule has 2 aromatic rings. The molecule has 2 aliphatic rings. The van der Waals surface area contributed by atoms with Gasteiger partial charge in [0.2, 0.25) is 11.8 Å². The molecular weight excluding hydrogens is 450 g/mol. The molecule has 1 atom stereocenters. The molecule has 0 aromatic heterocycles. The fourth-order valence-electron chi connectivity index (χ4n) is 3.94. The van der Waals surface area contributed by atoms with Crippen molar-refractivity contribution in [2.45, 2.75) is 37.5 Å². The van der Waals surface area contributed by atoms with E-state index >= 15 is 0 Å². The van der Waals surface area contributed by atoms with Crippen molar-refractivity contribution < 1.29 is 18.0 Å². The molecule has 9 heteroatoms. The summed E-state index contributed by atoms with van der Waals surface area (Å²) in [6.45, 7) is 2.79. The monoisotopic (exact) mass is 475 g/mol. The summed E-state index contributed by atoms with van der Waals surface area (Å²) < 4.78 is 28.5. The standard InChI is InChI=1S/C23H26ClN3O4S/c1-15-8-11-18(13-21(15)32(30,31)26-20-7-3-2-6-19(20)24)25-22(28)17-5-4-12-27(14-17)23(29)16-9-10-16/h2-3,6-8,11,13,16-17,26H,4-5,9-10,12,14H2,1H3,(H,25,28)/t17-/m0/s1. The summed E-state index contributed by atoms with van der Waals surface area (Å²) in [5.41, 5.74) is 1.22. The average molecular weight is 476 g/mol. The van der Waals surface area contributed by atoms with Crippen LogP contribution in [0.15, 0.2) is 47.4 Å². The molecule has 1 aliphatic carbocycles. The van der Waals surface area contributed by atoms with E-state index in [1.807, 2.05) is 0 Å². The van der Waals surface area contributed by atoms with E-state index in [0.717, 1.165) is 19.3 Å². The SMILES string of the molecule is Cc1ccc(NC(=O)[C@H]2CCCN(C(=O)C3CC3)C2)cc1S(=O)(=O)Nc1ccccc1Cl. The molecule has 0 radical (unpaired) electrons. The first-order chi connectivity index (χ1) is 15.2. The number of likely N-dealkylation sites (tertiary alicyclic amines) is 1. The lowest BCUT2D eigenvalue weighted by atomic mass is 9.96. The van der Waals surface area contributed by atoms with Crippen LogP contribution in [0.5, 0.6) is 0 Å². The van der Waals surface area contributed by atoms with Gasteiger partial charge in [0.25, 0.3) is 10.0 Å². The Morgan fingerprint density at radius 1 is 1.06 bits per heavy atom. The van der Waals surface area contributed by atoms with E-state index in [-0.39, 0.29) is 34.2 Å². The number of hydrogen-bond donors (Lipinski definition) is 2. The Bertz CT molecular complexity index is 1150. The van der Waals surface area contributed by atoms with Crippen molar-refractivity contribution in [1.29, 1.82) is 0 Å². The quantitative estimate of drug-likeness (QED) is 0.659. The van der Waals surface area contributed by atoms with Gasteiger partial charge < -0.3 is 10.2 Å². The fourth-order valence-corrected chi connectivity index (χ4v) is 5.53. The van der Waals surface area contributed by atoms with Crippen LogP contribution >= 0.6 is 11.6 Å². The fraction of sp³-hybridized carbons (Fsp3) is 0.391. The van der Waals surface area contributed by atoms with E-state index in [9.17, 15) is 18.0 Å². The second-order valence-electron chi connectivity index (χ2n) is 8.45. The van der Waals surface area contributed by atoms with Crippen molar-refractivity contribution in [3.05, 3.63) is 53.1 Å². The third kappa shape index (κ3) is 5.07. The van der Waals surface area contributed by atoms with Crippen LogP contribution in [0.3, 0.4) is 0 Å². The lowest BCUT2D eigenvalue weighted by Gasteiger charge is -2.32. The van der Waals surface area contributed by atoms with Crippen molar-refractivity contribution in [3.63, 3.8) is 0 Å². The van der Waals surface area contributed by atoms with Gasteiger partial charge in [-0.05, 0) is 62.4 Å². The molecule has 7 nitrogen and oxygen atoms in total. The zero-order valence-electron chi connectivity index (χ0n) is 17.8. The van der Waals surface area contributed by atoms with Gasteiger partial charge in [-0.1, -0.05) is 29.8 Å². The van der Waals surface area contributed by atoms with E-state index in [0.29, 0.717) is 35.8 Å². The van der Waals surface area contributed by atoms with Crippen molar-refractivity contribution in [1.82, 2.24) is 4.90 Å². The highest BCUT2D eigenvalue weighted by molar-refractivity contribution is 7.92. The van der Waals surface area contributed by atoms with Crippen LogP contribution in [0, 0.1) is 18.8 Å². The third-order valence-corrected chi connectivity index (χ3v) is 7.73. The van der Waals surface area contributed by atoms with Crippen LogP contribution in [0.1, 0.15) is 31.2 Å². The molecule has 2 aromatic carbocycles. The molecule has 170 valence electrons. The van der Waals surface area contributed by atoms with E-state index in [4.69, 9.17) is 11.6 Å². The highest BCUT2D eigenvalue weighted by Gasteiger charge is 2.36. The normalized spacial score (nSPS) is 18.8. The van der Waals surface area contributed by atoms with Crippen molar-refractivity contribution in [2.75, 3.05) is 23.1 Å². The average Bonchev–Trinajstić information content (AvgIpc) is 3.61. The van der Waals surface area contributed by atoms with E-state index < -0.39 is 10.0 Å². The molecule has 0 unspecified atom stereocenters. The molecule has 2 amide bonds. The van der Waals surface area contributed by atoms with Crippen LogP contribution < -0.4 is 10.0 Å². The molecule has 1 saturated carbocycles. The molecule has 0 bridgehead atoms. The number of sulfonamides is 1. The lowest BCUT2D eigenvalue weighted by Crippen LogP contribution is -2.44. The van der Waals surface area contributed by atoms with Crippen LogP contribution in [0.25, 0.3) is 0 Å². The molecule has 0 spiro atoms. The number of amides is 2. The molecule has 2 N–H and O–H groups in total. The molecule has 32 heavy (non-hydrogen) atoms. The Balaban J connectivity index is 1.48. The predicted octanol–water partition coefficient (Wildman–Crippen LogP) is 4.04. The molecule has 1 heterocycles. The number of para-hydroxylation sites is 1. The molecule has 2 fully saturated rings. The first-order valence-corrected chi connectivity index (χ1v) is 12.6. The third-order valence-electron chi connectivity index (χ3n) is 5.89. The maximum absolute atomic E-state index is 13.0. The summed E-state index contributed by atoms with van der Waals surface area (Å²) in [6.07, 6.45) is 3.36. The molecular formula is C23H26ClN3O4S. The number of carbonyl (C=O) groups excluding carboxylic acids is 2. The highest BCUT2D eigenvalue weighted by Crippen LogP contribution is 2.33. The summed E-state index contributed by atoms with van der Waals surface area (Å²) in [6, 6.07) is 11.4. The van der Waals surface area contributed by atoms with Gasteiger partial charge in [0.05, 0.1) is 21.5 Å². The number of nitrogens with one attached hydrogen (secondary N) is 2. The van der Waals surface area contributed by atoms with Gasteiger partial charge in [-0.3, -0.25) is 14.3 Å². The zero-order valence-corrected chi connectivity index (χ0v) is 19.4. The zero-order chi connectivity index (χ0) is 22.9. The summed E-state index contributed by atoms with van der Waals surface area (Å²) in [5, 5.41) is 3.13. The van der Waals surface area contributed by atoms with Crippen LogP contribution in [-0.4, -0.2) is 38.2 Å². The number of rotatable bonds is 6. The van der Waals surface area contributed by atoms with Gasteiger partial charge >= 0.3 is 0 Å². The van der Waals surface area contributed by atoms with Gasteiger partial charge in [-0.15, -0.1) is 0 Å². The summed E-state index contributed by atoms with van der Waals surface area (Å²) in [4.78, 5) is 27.1. The number of anilines is 2. The minimum absolute atomic E-state index is 0.0596. The number of carbonyl (C=O) groups is 2. The topological polar surface area (TPSA) is 95.6 Å². The lowest BCUT2D eigenvalue weighted by molar-refractivity contribution is -0.135. The van der Waals surface area contributed by atoms with Gasteiger partial charge in [0.15, 0.2) is 0 Å². The number of halogens is 1. The Kier molecular flexibility index (Phi) is 6.44. The van der Waals surface area contributed by atoms with Gasteiger partial charge in [-0.25, -0.2) is 8.42 Å². The second-order valence-corrected chi connectivity index (χ2v) is 10.5. The molecule has 4 rings (SSSR count). The van der Waals surface area contributed by atoms with Crippen LogP contribution in [-0.2, 0) is 19.6 Å². The van der Waals surface area contributed by atoms with Crippen LogP contribution in [0.4, 0.5) is 11.4 Å². The van der Waals surface area contributed by atoms with Gasteiger partial charge in [0, 0.05) is 24.7 Å². The van der Waals surface area contributed by atoms with Crippen molar-refractivity contribution in [2.24, 2.45) is 11.8 Å². The Labute approximate surface area is 193 Å². The summed E-state index contributed by atoms with van der Waals surface area (Å²) in [7, 11) is -3.91. The maximum atomic E-state index is 13.0. The first kappa shape index (κ1) is 22.6. The Morgan fingerprint density at radius 2 is 1.81 bits per heavy atom. The highest BCUT2D eigenvalue weighted by atomic mass is 35.5. The number of nitrogens with zero attached hydrogens (tertiary/aromatic N) is 1. The number of piperidine rings is 1.